The summed E-state index contributed by atoms with van der Waals surface area (Å²) in [6.45, 7) is 0.122. The van der Waals surface area contributed by atoms with Gasteiger partial charge in [0.15, 0.2) is 0 Å². The van der Waals surface area contributed by atoms with Gasteiger partial charge in [0.2, 0.25) is 0 Å². The number of nitro groups is 1. The van der Waals surface area contributed by atoms with E-state index in [1.54, 1.807) is 37.4 Å². The molecule has 1 unspecified atom stereocenters. The Morgan fingerprint density at radius 2 is 1.77 bits per heavy atom. The number of hydrogen-bond donors (Lipinski definition) is 2. The van der Waals surface area contributed by atoms with Gasteiger partial charge in [-0.1, -0.05) is 24.3 Å². The molecule has 2 heterocycles. The molecule has 0 radical (unpaired) electrons. The number of non-ortho nitro benzene ring substituents is 1. The number of H-pyrrole nitrogens is 1. The summed E-state index contributed by atoms with van der Waals surface area (Å²) in [4.78, 5) is 42.2. The highest BCUT2D eigenvalue weighted by Crippen LogP contribution is 2.41. The number of likely N-dealkylation sites (tertiary alicyclic amines) is 1. The Balaban J connectivity index is 1.59. The largest absolute Gasteiger partial charge is 0.507 e. The molecule has 1 saturated heterocycles. The minimum atomic E-state index is -1.03. The van der Waals surface area contributed by atoms with Crippen molar-refractivity contribution in [3.63, 3.8) is 0 Å². The van der Waals surface area contributed by atoms with Crippen molar-refractivity contribution in [2.24, 2.45) is 0 Å². The van der Waals surface area contributed by atoms with Gasteiger partial charge in [-0.2, -0.15) is 0 Å². The number of nitrogens with one attached hydrogen (secondary N) is 1. The summed E-state index contributed by atoms with van der Waals surface area (Å²) in [5.74, 6) is -0.919. The molecule has 0 bridgehead atoms. The van der Waals surface area contributed by atoms with Crippen LogP contribution < -0.4 is 9.47 Å². The Bertz CT molecular complexity index is 1640. The van der Waals surface area contributed by atoms with Crippen molar-refractivity contribution in [1.29, 1.82) is 0 Å². The molecule has 1 aliphatic heterocycles. The van der Waals surface area contributed by atoms with Crippen LogP contribution in [0.2, 0.25) is 0 Å². The van der Waals surface area contributed by atoms with Gasteiger partial charge < -0.3 is 24.5 Å². The molecule has 1 aliphatic rings. The third kappa shape index (κ3) is 4.68. The zero-order valence-electron chi connectivity index (χ0n) is 21.2. The number of nitro benzene ring substituents is 1. The molecule has 0 spiro atoms. The molecule has 10 heteroatoms. The van der Waals surface area contributed by atoms with E-state index in [0.29, 0.717) is 23.5 Å². The number of methoxy groups -OCH3 is 2. The van der Waals surface area contributed by atoms with Crippen molar-refractivity contribution in [1.82, 2.24) is 9.88 Å². The van der Waals surface area contributed by atoms with Gasteiger partial charge >= 0.3 is 0 Å². The minimum Gasteiger partial charge on any atom is -0.507 e. The number of aromatic amines is 1. The van der Waals surface area contributed by atoms with Crippen LogP contribution >= 0.6 is 0 Å². The number of amides is 1. The Kier molecular flexibility index (Phi) is 6.76. The lowest BCUT2D eigenvalue weighted by molar-refractivity contribution is -0.384. The third-order valence-corrected chi connectivity index (χ3v) is 6.88. The summed E-state index contributed by atoms with van der Waals surface area (Å²) in [5.41, 5.74) is 2.08. The maximum absolute atomic E-state index is 13.3. The molecular weight excluding hydrogens is 502 g/mol. The van der Waals surface area contributed by atoms with E-state index in [4.69, 9.17) is 9.47 Å². The summed E-state index contributed by atoms with van der Waals surface area (Å²) >= 11 is 0. The Morgan fingerprint density at radius 3 is 2.51 bits per heavy atom. The molecule has 1 amide bonds. The third-order valence-electron chi connectivity index (χ3n) is 6.88. The first-order chi connectivity index (χ1) is 18.8. The van der Waals surface area contributed by atoms with Crippen LogP contribution in [-0.2, 0) is 16.0 Å². The number of carbonyl (C=O) groups excluding carboxylic acids is 2. The molecule has 1 aromatic heterocycles. The van der Waals surface area contributed by atoms with Gasteiger partial charge in [-0.05, 0) is 47.9 Å². The van der Waals surface area contributed by atoms with E-state index in [9.17, 15) is 24.8 Å². The minimum absolute atomic E-state index is 0.122. The number of carbonyl (C=O) groups is 2. The summed E-state index contributed by atoms with van der Waals surface area (Å²) in [6, 6.07) is 16.8. The highest BCUT2D eigenvalue weighted by molar-refractivity contribution is 6.46. The molecule has 4 aromatic rings. The molecule has 1 atom stereocenters. The maximum atomic E-state index is 13.3. The lowest BCUT2D eigenvalue weighted by Crippen LogP contribution is -2.31. The van der Waals surface area contributed by atoms with Gasteiger partial charge in [0.1, 0.15) is 17.3 Å². The van der Waals surface area contributed by atoms with Crippen LogP contribution in [0.3, 0.4) is 0 Å². The first kappa shape index (κ1) is 25.5. The number of ketones is 1. The number of aliphatic hydroxyl groups excluding tert-OH is 1. The topological polar surface area (TPSA) is 135 Å². The van der Waals surface area contributed by atoms with Crippen LogP contribution in [0, 0.1) is 10.1 Å². The fourth-order valence-corrected chi connectivity index (χ4v) is 4.92. The molecule has 2 N–H and O–H groups in total. The predicted molar refractivity (Wildman–Crippen MR) is 144 cm³/mol. The van der Waals surface area contributed by atoms with Crippen LogP contribution in [-0.4, -0.2) is 52.4 Å². The molecule has 10 nitrogen and oxygen atoms in total. The monoisotopic (exact) mass is 527 g/mol. The molecule has 0 aliphatic carbocycles. The molecule has 3 aromatic carbocycles. The standard InChI is InChI=1S/C29H25N3O7/c1-38-21-8-4-6-18(14-21)27(33)25-26(17-5-3-7-20(13-17)32(36)37)31(29(35)28(25)34)12-11-19-16-30-24-10-9-22(39-2)15-23(19)24/h3-10,13-16,26,30,33H,11-12H2,1-2H3/b27-25-. The predicted octanol–water partition coefficient (Wildman–Crippen LogP) is 4.76. The number of fused-ring (bicyclic) bond motifs is 1. The number of aliphatic hydroxyl groups is 1. The smallest absolute Gasteiger partial charge is 0.295 e. The van der Waals surface area contributed by atoms with Crippen molar-refractivity contribution in [2.75, 3.05) is 20.8 Å². The van der Waals surface area contributed by atoms with Gasteiger partial charge in [-0.15, -0.1) is 0 Å². The second kappa shape index (κ2) is 10.3. The quantitative estimate of drug-likeness (QED) is 0.111. The number of hydrogen-bond acceptors (Lipinski definition) is 7. The second-order valence-electron chi connectivity index (χ2n) is 9.05. The molecule has 5 rings (SSSR count). The molecule has 39 heavy (non-hydrogen) atoms. The van der Waals surface area contributed by atoms with Crippen LogP contribution in [0.5, 0.6) is 11.5 Å². The molecular formula is C29H25N3O7. The second-order valence-corrected chi connectivity index (χ2v) is 9.05. The van der Waals surface area contributed by atoms with Crippen LogP contribution in [0.15, 0.2) is 78.5 Å². The highest BCUT2D eigenvalue weighted by atomic mass is 16.6. The van der Waals surface area contributed by atoms with Crippen LogP contribution in [0.4, 0.5) is 5.69 Å². The first-order valence-electron chi connectivity index (χ1n) is 12.1. The summed E-state index contributed by atoms with van der Waals surface area (Å²) in [5, 5.41) is 23.7. The van der Waals surface area contributed by atoms with Crippen molar-refractivity contribution in [2.45, 2.75) is 12.5 Å². The van der Waals surface area contributed by atoms with E-state index in [1.807, 2.05) is 24.4 Å². The van der Waals surface area contributed by atoms with Crippen molar-refractivity contribution < 1.29 is 29.1 Å². The van der Waals surface area contributed by atoms with Crippen LogP contribution in [0.25, 0.3) is 16.7 Å². The van der Waals surface area contributed by atoms with Gasteiger partial charge in [0.25, 0.3) is 17.4 Å². The van der Waals surface area contributed by atoms with E-state index in [2.05, 4.69) is 4.98 Å². The lowest BCUT2D eigenvalue weighted by atomic mass is 9.94. The zero-order chi connectivity index (χ0) is 27.7. The average Bonchev–Trinajstić information content (AvgIpc) is 3.48. The maximum Gasteiger partial charge on any atom is 0.295 e. The molecule has 1 fully saturated rings. The summed E-state index contributed by atoms with van der Waals surface area (Å²) < 4.78 is 10.6. The number of rotatable bonds is 8. The van der Waals surface area contributed by atoms with E-state index >= 15 is 0 Å². The van der Waals surface area contributed by atoms with Crippen molar-refractivity contribution in [3.05, 3.63) is 105 Å². The van der Waals surface area contributed by atoms with Gasteiger partial charge in [0.05, 0.1) is 30.8 Å². The highest BCUT2D eigenvalue weighted by Gasteiger charge is 2.46. The summed E-state index contributed by atoms with van der Waals surface area (Å²) in [6.07, 6.45) is 2.21. The Morgan fingerprint density at radius 1 is 1.03 bits per heavy atom. The fraction of sp³-hybridized carbons (Fsp3) is 0.172. The normalized spacial score (nSPS) is 16.6. The van der Waals surface area contributed by atoms with Gasteiger partial charge in [-0.3, -0.25) is 19.7 Å². The van der Waals surface area contributed by atoms with E-state index in [0.717, 1.165) is 16.5 Å². The SMILES string of the molecule is COc1cccc(/C(O)=C2/C(=O)C(=O)N(CCc3c[nH]c4ccc(OC)cc34)C2c2cccc([N+](=O)[O-])c2)c1. The number of nitrogens with zero attached hydrogens (tertiary/aromatic N) is 2. The zero-order valence-corrected chi connectivity index (χ0v) is 21.2. The number of benzene rings is 3. The summed E-state index contributed by atoms with van der Waals surface area (Å²) in [7, 11) is 3.05. The average molecular weight is 528 g/mol. The first-order valence-corrected chi connectivity index (χ1v) is 12.1. The molecule has 198 valence electrons. The van der Waals surface area contributed by atoms with Crippen LogP contribution in [0.1, 0.15) is 22.7 Å². The molecule has 0 saturated carbocycles. The van der Waals surface area contributed by atoms with Crippen molar-refractivity contribution >= 4 is 34.0 Å². The van der Waals surface area contributed by atoms with Crippen molar-refractivity contribution in [3.8, 4) is 11.5 Å². The van der Waals surface area contributed by atoms with Gasteiger partial charge in [-0.25, -0.2) is 0 Å². The Hall–Kier alpha value is -5.12. The fourth-order valence-electron chi connectivity index (χ4n) is 4.92. The number of ether oxygens (including phenoxy) is 2. The van der Waals surface area contributed by atoms with E-state index in [-0.39, 0.29) is 29.1 Å². The van der Waals surface area contributed by atoms with E-state index < -0.39 is 22.7 Å². The van der Waals surface area contributed by atoms with E-state index in [1.165, 1.54) is 30.2 Å². The Labute approximate surface area is 223 Å². The lowest BCUT2D eigenvalue weighted by Gasteiger charge is -2.25. The number of Topliss-reactive ketones (excluding diaryl/α,β-unsaturated/α-hetero) is 1. The van der Waals surface area contributed by atoms with Gasteiger partial charge in [0, 0.05) is 41.3 Å². The number of aromatic nitrogens is 1.